The standard InChI is InChI=1S/C20H14N2S/c21-13-16(14-7-2-1-3-8-14)15-9-6-12-19-20(15)22-17-10-4-5-11-18(17)23-19/h1-12,16,22H. The number of benzene rings is 3. The van der Waals surface area contributed by atoms with E-state index in [4.69, 9.17) is 0 Å². The third-order valence-corrected chi connectivity index (χ3v) is 5.13. The smallest absolute Gasteiger partial charge is 0.0983 e. The highest BCUT2D eigenvalue weighted by molar-refractivity contribution is 7.99. The fourth-order valence-electron chi connectivity index (χ4n) is 2.89. The Kier molecular flexibility index (Phi) is 3.53. The largest absolute Gasteiger partial charge is 0.353 e. The van der Waals surface area contributed by atoms with E-state index in [0.29, 0.717) is 0 Å². The fraction of sp³-hybridized carbons (Fsp3) is 0.0500. The van der Waals surface area contributed by atoms with Gasteiger partial charge >= 0.3 is 0 Å². The second kappa shape index (κ2) is 5.83. The van der Waals surface area contributed by atoms with Gasteiger partial charge in [0.25, 0.3) is 0 Å². The molecule has 1 N–H and O–H groups in total. The summed E-state index contributed by atoms with van der Waals surface area (Å²) in [4.78, 5) is 2.38. The van der Waals surface area contributed by atoms with Crippen LogP contribution in [-0.2, 0) is 0 Å². The van der Waals surface area contributed by atoms with Gasteiger partial charge in [-0.25, -0.2) is 0 Å². The average molecular weight is 314 g/mol. The molecule has 0 saturated carbocycles. The van der Waals surface area contributed by atoms with E-state index in [1.807, 2.05) is 54.6 Å². The maximum atomic E-state index is 9.75. The van der Waals surface area contributed by atoms with E-state index in [0.717, 1.165) is 27.4 Å². The molecule has 110 valence electrons. The van der Waals surface area contributed by atoms with E-state index in [1.54, 1.807) is 11.8 Å². The van der Waals surface area contributed by atoms with Crippen LogP contribution in [0.2, 0.25) is 0 Å². The minimum Gasteiger partial charge on any atom is -0.353 e. The number of hydrogen-bond donors (Lipinski definition) is 1. The molecule has 3 aromatic rings. The molecule has 0 aromatic heterocycles. The second-order valence-corrected chi connectivity index (χ2v) is 6.50. The molecule has 3 aromatic carbocycles. The van der Waals surface area contributed by atoms with Crippen molar-refractivity contribution in [3.05, 3.63) is 83.9 Å². The Morgan fingerprint density at radius 1 is 0.826 bits per heavy atom. The Hall–Kier alpha value is -2.70. The highest BCUT2D eigenvalue weighted by atomic mass is 32.2. The summed E-state index contributed by atoms with van der Waals surface area (Å²) in [5.41, 5.74) is 4.20. The topological polar surface area (TPSA) is 35.8 Å². The van der Waals surface area contributed by atoms with Crippen LogP contribution in [0.5, 0.6) is 0 Å². The zero-order chi connectivity index (χ0) is 15.6. The zero-order valence-corrected chi connectivity index (χ0v) is 13.2. The first-order valence-corrected chi connectivity index (χ1v) is 8.30. The number of anilines is 2. The summed E-state index contributed by atoms with van der Waals surface area (Å²) >= 11 is 1.75. The molecule has 0 radical (unpaired) electrons. The molecule has 1 atom stereocenters. The molecule has 4 rings (SSSR count). The summed E-state index contributed by atoms with van der Waals surface area (Å²) in [6.07, 6.45) is 0. The van der Waals surface area contributed by atoms with Gasteiger partial charge < -0.3 is 5.32 Å². The Balaban J connectivity index is 1.82. The second-order valence-electron chi connectivity index (χ2n) is 5.42. The molecule has 0 aliphatic carbocycles. The van der Waals surface area contributed by atoms with Crippen molar-refractivity contribution in [1.29, 1.82) is 5.26 Å². The van der Waals surface area contributed by atoms with Crippen LogP contribution in [-0.4, -0.2) is 0 Å². The van der Waals surface area contributed by atoms with Crippen LogP contribution in [0.1, 0.15) is 17.0 Å². The summed E-state index contributed by atoms with van der Waals surface area (Å²) < 4.78 is 0. The van der Waals surface area contributed by atoms with E-state index >= 15 is 0 Å². The fourth-order valence-corrected chi connectivity index (χ4v) is 3.92. The van der Waals surface area contributed by atoms with Gasteiger partial charge in [0.05, 0.1) is 23.4 Å². The lowest BCUT2D eigenvalue weighted by Crippen LogP contribution is -2.07. The summed E-state index contributed by atoms with van der Waals surface area (Å²) in [7, 11) is 0. The number of nitriles is 1. The summed E-state index contributed by atoms with van der Waals surface area (Å²) in [5.74, 6) is -0.274. The van der Waals surface area contributed by atoms with Crippen molar-refractivity contribution in [3.63, 3.8) is 0 Å². The monoisotopic (exact) mass is 314 g/mol. The number of hydrogen-bond acceptors (Lipinski definition) is 3. The van der Waals surface area contributed by atoms with Crippen molar-refractivity contribution in [3.8, 4) is 6.07 Å². The number of nitrogens with zero attached hydrogens (tertiary/aromatic N) is 1. The molecule has 0 fully saturated rings. The molecule has 0 saturated heterocycles. The molecule has 1 unspecified atom stereocenters. The van der Waals surface area contributed by atoms with Crippen molar-refractivity contribution >= 4 is 23.1 Å². The van der Waals surface area contributed by atoms with Crippen LogP contribution in [0.15, 0.2) is 82.6 Å². The molecule has 1 aliphatic heterocycles. The lowest BCUT2D eigenvalue weighted by atomic mass is 9.91. The molecule has 0 bridgehead atoms. The Labute approximate surface area is 139 Å². The predicted molar refractivity (Wildman–Crippen MR) is 94.2 cm³/mol. The first-order valence-electron chi connectivity index (χ1n) is 7.48. The first kappa shape index (κ1) is 13.9. The molecular weight excluding hydrogens is 300 g/mol. The number of fused-ring (bicyclic) bond motifs is 2. The van der Waals surface area contributed by atoms with Crippen LogP contribution in [0, 0.1) is 11.3 Å². The van der Waals surface area contributed by atoms with Crippen LogP contribution in [0.4, 0.5) is 11.4 Å². The SMILES string of the molecule is N#CC(c1ccccc1)c1cccc2c1Nc1ccccc1S2. The molecular formula is C20H14N2S. The van der Waals surface area contributed by atoms with Crippen molar-refractivity contribution in [2.45, 2.75) is 15.7 Å². The van der Waals surface area contributed by atoms with Crippen LogP contribution < -0.4 is 5.32 Å². The third-order valence-electron chi connectivity index (χ3n) is 4.00. The van der Waals surface area contributed by atoms with E-state index in [-0.39, 0.29) is 5.92 Å². The van der Waals surface area contributed by atoms with Gasteiger partial charge in [-0.15, -0.1) is 0 Å². The van der Waals surface area contributed by atoms with Crippen molar-refractivity contribution in [2.75, 3.05) is 5.32 Å². The lowest BCUT2D eigenvalue weighted by Gasteiger charge is -2.25. The molecule has 1 heterocycles. The van der Waals surface area contributed by atoms with Crippen LogP contribution in [0.3, 0.4) is 0 Å². The maximum Gasteiger partial charge on any atom is 0.0983 e. The molecule has 23 heavy (non-hydrogen) atoms. The van der Waals surface area contributed by atoms with Crippen LogP contribution in [0.25, 0.3) is 0 Å². The Bertz CT molecular complexity index is 897. The van der Waals surface area contributed by atoms with Crippen molar-refractivity contribution in [1.82, 2.24) is 0 Å². The number of rotatable bonds is 2. The summed E-state index contributed by atoms with van der Waals surface area (Å²) in [6.45, 7) is 0. The summed E-state index contributed by atoms with van der Waals surface area (Å²) in [5, 5.41) is 13.3. The normalized spacial score (nSPS) is 13.2. The molecule has 1 aliphatic rings. The lowest BCUT2D eigenvalue weighted by molar-refractivity contribution is 1.03. The van der Waals surface area contributed by atoms with E-state index in [2.05, 4.69) is 29.6 Å². The highest BCUT2D eigenvalue weighted by Gasteiger charge is 2.23. The molecule has 0 spiro atoms. The van der Waals surface area contributed by atoms with Crippen molar-refractivity contribution in [2.24, 2.45) is 0 Å². The zero-order valence-electron chi connectivity index (χ0n) is 12.4. The molecule has 2 nitrogen and oxygen atoms in total. The Morgan fingerprint density at radius 3 is 2.39 bits per heavy atom. The van der Waals surface area contributed by atoms with Crippen LogP contribution >= 0.6 is 11.8 Å². The third kappa shape index (κ3) is 2.48. The van der Waals surface area contributed by atoms with Gasteiger partial charge in [-0.3, -0.25) is 0 Å². The average Bonchev–Trinajstić information content (AvgIpc) is 2.62. The Morgan fingerprint density at radius 2 is 1.57 bits per heavy atom. The molecule has 0 amide bonds. The minimum atomic E-state index is -0.274. The van der Waals surface area contributed by atoms with Gasteiger partial charge in [-0.2, -0.15) is 5.26 Å². The van der Waals surface area contributed by atoms with E-state index in [1.165, 1.54) is 4.90 Å². The number of nitrogens with one attached hydrogen (secondary N) is 1. The van der Waals surface area contributed by atoms with Gasteiger partial charge in [-0.1, -0.05) is 66.4 Å². The molecule has 3 heteroatoms. The maximum absolute atomic E-state index is 9.75. The first-order chi connectivity index (χ1) is 11.4. The van der Waals surface area contributed by atoms with E-state index < -0.39 is 0 Å². The van der Waals surface area contributed by atoms with Crippen molar-refractivity contribution < 1.29 is 0 Å². The van der Waals surface area contributed by atoms with Gasteiger partial charge in [0.2, 0.25) is 0 Å². The van der Waals surface area contributed by atoms with E-state index in [9.17, 15) is 5.26 Å². The van der Waals surface area contributed by atoms with Gasteiger partial charge in [0.1, 0.15) is 0 Å². The number of para-hydroxylation sites is 2. The quantitative estimate of drug-likeness (QED) is 0.527. The summed E-state index contributed by atoms with van der Waals surface area (Å²) in [6, 6.07) is 26.9. The van der Waals surface area contributed by atoms with Gasteiger partial charge in [-0.05, 0) is 29.3 Å². The highest BCUT2D eigenvalue weighted by Crippen LogP contribution is 2.47. The predicted octanol–water partition coefficient (Wildman–Crippen LogP) is 5.55. The van der Waals surface area contributed by atoms with Gasteiger partial charge in [0, 0.05) is 9.79 Å². The van der Waals surface area contributed by atoms with Gasteiger partial charge in [0.15, 0.2) is 0 Å². The minimum absolute atomic E-state index is 0.274.